The van der Waals surface area contributed by atoms with E-state index in [0.717, 1.165) is 17.7 Å². The molecule has 0 atom stereocenters. The van der Waals surface area contributed by atoms with Crippen molar-refractivity contribution >= 4 is 15.9 Å². The molecule has 84 valence electrons. The molecule has 0 aliphatic carbocycles. The predicted octanol–water partition coefficient (Wildman–Crippen LogP) is 4.73. The van der Waals surface area contributed by atoms with Gasteiger partial charge in [-0.05, 0) is 39.7 Å². The van der Waals surface area contributed by atoms with E-state index < -0.39 is 11.7 Å². The minimum atomic E-state index is -4.30. The van der Waals surface area contributed by atoms with Crippen LogP contribution in [0.2, 0.25) is 0 Å². The zero-order valence-electron chi connectivity index (χ0n) is 7.88. The number of furan rings is 1. The fraction of sp³-hybridized carbons (Fsp3) is 0.0909. The van der Waals surface area contributed by atoms with Gasteiger partial charge in [0.05, 0.1) is 11.8 Å². The maximum atomic E-state index is 12.3. The fourth-order valence-corrected chi connectivity index (χ4v) is 1.81. The second-order valence-corrected chi connectivity index (χ2v) is 3.90. The number of halogens is 4. The summed E-state index contributed by atoms with van der Waals surface area (Å²) in [6, 6.07) is 6.62. The Morgan fingerprint density at radius 3 is 2.06 bits per heavy atom. The molecule has 0 radical (unpaired) electrons. The van der Waals surface area contributed by atoms with Gasteiger partial charge in [-0.25, -0.2) is 0 Å². The molecule has 0 spiro atoms. The Kier molecular flexibility index (Phi) is 2.80. The van der Waals surface area contributed by atoms with E-state index in [1.54, 1.807) is 6.07 Å². The third kappa shape index (κ3) is 2.14. The van der Waals surface area contributed by atoms with Crippen molar-refractivity contribution in [1.82, 2.24) is 0 Å². The van der Waals surface area contributed by atoms with E-state index >= 15 is 0 Å². The molecule has 0 amide bonds. The highest BCUT2D eigenvalue weighted by Gasteiger charge is 2.30. The monoisotopic (exact) mass is 290 g/mol. The summed E-state index contributed by atoms with van der Waals surface area (Å²) in [7, 11) is 0. The average Bonchev–Trinajstić information content (AvgIpc) is 2.63. The zero-order valence-corrected chi connectivity index (χ0v) is 9.47. The normalized spacial score (nSPS) is 11.8. The molecule has 1 aromatic heterocycles. The molecule has 2 aromatic rings. The van der Waals surface area contributed by atoms with Crippen molar-refractivity contribution in [3.05, 3.63) is 46.8 Å². The summed E-state index contributed by atoms with van der Waals surface area (Å²) >= 11 is 3.17. The Morgan fingerprint density at radius 1 is 1.00 bits per heavy atom. The van der Waals surface area contributed by atoms with Crippen LogP contribution in [0.15, 0.2) is 45.7 Å². The summed E-state index contributed by atoms with van der Waals surface area (Å²) in [6.45, 7) is 0. The van der Waals surface area contributed by atoms with Crippen molar-refractivity contribution < 1.29 is 17.6 Å². The van der Waals surface area contributed by atoms with Crippen LogP contribution in [0.3, 0.4) is 0 Å². The van der Waals surface area contributed by atoms with Crippen LogP contribution in [0.25, 0.3) is 11.1 Å². The quantitative estimate of drug-likeness (QED) is 0.740. The summed E-state index contributed by atoms with van der Waals surface area (Å²) in [5, 5.41) is 0. The second kappa shape index (κ2) is 3.97. The predicted molar refractivity (Wildman–Crippen MR) is 56.8 cm³/mol. The van der Waals surface area contributed by atoms with Crippen molar-refractivity contribution in [2.45, 2.75) is 6.18 Å². The molecule has 1 heterocycles. The fourth-order valence-electron chi connectivity index (χ4n) is 1.34. The molecule has 16 heavy (non-hydrogen) atoms. The van der Waals surface area contributed by atoms with E-state index in [2.05, 4.69) is 15.9 Å². The molecule has 2 rings (SSSR count). The van der Waals surface area contributed by atoms with Gasteiger partial charge in [-0.3, -0.25) is 0 Å². The number of benzene rings is 1. The summed E-state index contributed by atoms with van der Waals surface area (Å²) in [4.78, 5) is 0. The number of hydrogen-bond acceptors (Lipinski definition) is 1. The molecule has 0 aliphatic heterocycles. The minimum Gasteiger partial charge on any atom is -0.457 e. The van der Waals surface area contributed by atoms with Crippen LogP contribution in [0.5, 0.6) is 0 Å². The molecule has 0 aliphatic rings. The Labute approximate surface area is 98.0 Å². The Morgan fingerprint density at radius 2 is 1.62 bits per heavy atom. The molecule has 0 unspecified atom stereocenters. The number of alkyl halides is 3. The van der Waals surface area contributed by atoms with Crippen molar-refractivity contribution in [3.8, 4) is 11.1 Å². The van der Waals surface area contributed by atoms with Gasteiger partial charge in [0, 0.05) is 5.56 Å². The lowest BCUT2D eigenvalue weighted by Gasteiger charge is -2.06. The first-order valence-electron chi connectivity index (χ1n) is 4.39. The lowest BCUT2D eigenvalue weighted by molar-refractivity contribution is -0.137. The van der Waals surface area contributed by atoms with Crippen LogP contribution in [0.1, 0.15) is 5.56 Å². The van der Waals surface area contributed by atoms with Gasteiger partial charge < -0.3 is 4.42 Å². The molecular weight excluding hydrogens is 285 g/mol. The molecule has 0 bridgehead atoms. The van der Waals surface area contributed by atoms with Gasteiger partial charge in [0.1, 0.15) is 0 Å². The van der Waals surface area contributed by atoms with E-state index in [0.29, 0.717) is 10.2 Å². The van der Waals surface area contributed by atoms with Gasteiger partial charge in [0.15, 0.2) is 4.67 Å². The summed E-state index contributed by atoms with van der Waals surface area (Å²) in [5.41, 5.74) is 0.748. The topological polar surface area (TPSA) is 13.1 Å². The van der Waals surface area contributed by atoms with E-state index in [4.69, 9.17) is 4.42 Å². The lowest BCUT2D eigenvalue weighted by atomic mass is 10.1. The summed E-state index contributed by atoms with van der Waals surface area (Å²) < 4.78 is 42.5. The highest BCUT2D eigenvalue weighted by atomic mass is 79.9. The average molecular weight is 291 g/mol. The van der Waals surface area contributed by atoms with Crippen LogP contribution >= 0.6 is 15.9 Å². The van der Waals surface area contributed by atoms with Crippen molar-refractivity contribution in [3.63, 3.8) is 0 Å². The molecule has 1 nitrogen and oxygen atoms in total. The van der Waals surface area contributed by atoms with Gasteiger partial charge in [-0.2, -0.15) is 13.2 Å². The van der Waals surface area contributed by atoms with Crippen molar-refractivity contribution in [2.24, 2.45) is 0 Å². The molecule has 0 fully saturated rings. The molecule has 0 N–H and O–H groups in total. The standard InChI is InChI=1S/C11H6BrF3O/c12-10-9(5-6-16-10)7-1-3-8(4-2-7)11(13,14)15/h1-6H. The smallest absolute Gasteiger partial charge is 0.416 e. The number of rotatable bonds is 1. The van der Waals surface area contributed by atoms with E-state index in [1.165, 1.54) is 18.4 Å². The second-order valence-electron chi connectivity index (χ2n) is 3.18. The Balaban J connectivity index is 2.37. The highest BCUT2D eigenvalue weighted by Crippen LogP contribution is 2.33. The van der Waals surface area contributed by atoms with Gasteiger partial charge in [0.2, 0.25) is 0 Å². The van der Waals surface area contributed by atoms with Crippen LogP contribution in [0.4, 0.5) is 13.2 Å². The zero-order chi connectivity index (χ0) is 11.8. The first-order valence-corrected chi connectivity index (χ1v) is 5.18. The molecule has 5 heteroatoms. The van der Waals surface area contributed by atoms with Crippen LogP contribution in [0, 0.1) is 0 Å². The first-order chi connectivity index (χ1) is 7.48. The molecular formula is C11H6BrF3O. The largest absolute Gasteiger partial charge is 0.457 e. The van der Waals surface area contributed by atoms with Crippen LogP contribution in [-0.4, -0.2) is 0 Å². The summed E-state index contributed by atoms with van der Waals surface area (Å²) in [5.74, 6) is 0. The SMILES string of the molecule is FC(F)(F)c1ccc(-c2ccoc2Br)cc1. The van der Waals surface area contributed by atoms with E-state index in [9.17, 15) is 13.2 Å². The third-order valence-corrected chi connectivity index (χ3v) is 2.76. The number of hydrogen-bond donors (Lipinski definition) is 0. The lowest BCUT2D eigenvalue weighted by Crippen LogP contribution is -2.03. The van der Waals surface area contributed by atoms with E-state index in [1.807, 2.05) is 0 Å². The molecule has 1 aromatic carbocycles. The third-order valence-electron chi connectivity index (χ3n) is 2.14. The maximum Gasteiger partial charge on any atom is 0.416 e. The minimum absolute atomic E-state index is 0.507. The van der Waals surface area contributed by atoms with Crippen molar-refractivity contribution in [1.29, 1.82) is 0 Å². The summed E-state index contributed by atoms with van der Waals surface area (Å²) in [6.07, 6.45) is -2.83. The van der Waals surface area contributed by atoms with Crippen molar-refractivity contribution in [2.75, 3.05) is 0 Å². The molecule has 0 saturated heterocycles. The van der Waals surface area contributed by atoms with E-state index in [-0.39, 0.29) is 0 Å². The highest BCUT2D eigenvalue weighted by molar-refractivity contribution is 9.10. The Hall–Kier alpha value is -1.23. The maximum absolute atomic E-state index is 12.3. The first kappa shape index (κ1) is 11.3. The van der Waals surface area contributed by atoms with Gasteiger partial charge in [-0.15, -0.1) is 0 Å². The van der Waals surface area contributed by atoms with Crippen LogP contribution in [-0.2, 0) is 6.18 Å². The van der Waals surface area contributed by atoms with Gasteiger partial charge in [-0.1, -0.05) is 12.1 Å². The Bertz CT molecular complexity index is 485. The van der Waals surface area contributed by atoms with Gasteiger partial charge in [0.25, 0.3) is 0 Å². The van der Waals surface area contributed by atoms with Crippen LogP contribution < -0.4 is 0 Å². The molecule has 0 saturated carbocycles. The van der Waals surface area contributed by atoms with Gasteiger partial charge >= 0.3 is 6.18 Å².